The number of anilines is 2. The highest BCUT2D eigenvalue weighted by atomic mass is 19.1. The van der Waals surface area contributed by atoms with Crippen molar-refractivity contribution in [1.29, 1.82) is 0 Å². The second kappa shape index (κ2) is 11.7. The number of aryl methyl sites for hydroxylation is 1. The van der Waals surface area contributed by atoms with Crippen molar-refractivity contribution >= 4 is 28.8 Å². The molecule has 0 atom stereocenters. The molecule has 186 valence electrons. The summed E-state index contributed by atoms with van der Waals surface area (Å²) in [5.41, 5.74) is 5.24. The van der Waals surface area contributed by atoms with Crippen LogP contribution in [-0.2, 0) is 4.79 Å². The molecule has 0 saturated carbocycles. The normalized spacial score (nSPS) is 14.6. The second-order valence-corrected chi connectivity index (χ2v) is 8.27. The lowest BCUT2D eigenvalue weighted by Gasteiger charge is -2.24. The first-order valence-corrected chi connectivity index (χ1v) is 11.9. The van der Waals surface area contributed by atoms with Gasteiger partial charge in [-0.15, -0.1) is 4.98 Å². The van der Waals surface area contributed by atoms with Crippen molar-refractivity contribution < 1.29 is 13.9 Å². The molecule has 9 heteroatoms. The van der Waals surface area contributed by atoms with Gasteiger partial charge in [-0.3, -0.25) is 4.79 Å². The third-order valence-electron chi connectivity index (χ3n) is 5.88. The molecule has 0 aliphatic heterocycles. The van der Waals surface area contributed by atoms with E-state index < -0.39 is 6.08 Å². The van der Waals surface area contributed by atoms with Crippen LogP contribution in [0.4, 0.5) is 21.7 Å². The number of benzene rings is 1. The molecular formula is C26H33FN6O2. The van der Waals surface area contributed by atoms with Gasteiger partial charge in [-0.1, -0.05) is 0 Å². The number of allylic oxidation sites excluding steroid dienone is 4. The lowest BCUT2D eigenvalue weighted by Crippen LogP contribution is -2.29. The molecule has 35 heavy (non-hydrogen) atoms. The van der Waals surface area contributed by atoms with E-state index in [0.29, 0.717) is 31.8 Å². The number of carbonyl (C=O) groups excluding carboxylic acids is 1. The zero-order valence-corrected chi connectivity index (χ0v) is 21.3. The Labute approximate surface area is 206 Å². The molecular weight excluding hydrogens is 447 g/mol. The van der Waals surface area contributed by atoms with Gasteiger partial charge in [-0.05, 0) is 88.6 Å². The molecule has 0 amide bonds. The summed E-state index contributed by atoms with van der Waals surface area (Å²) in [6.07, 6.45) is 2.60. The van der Waals surface area contributed by atoms with Gasteiger partial charge in [0.05, 0.1) is 17.9 Å². The Morgan fingerprint density at radius 1 is 0.943 bits per heavy atom. The van der Waals surface area contributed by atoms with Crippen molar-refractivity contribution in [1.82, 2.24) is 15.0 Å². The molecule has 0 saturated heterocycles. The van der Waals surface area contributed by atoms with Gasteiger partial charge < -0.3 is 14.5 Å². The number of halogens is 1. The van der Waals surface area contributed by atoms with Gasteiger partial charge in [0.1, 0.15) is 6.61 Å². The predicted molar refractivity (Wildman–Crippen MR) is 138 cm³/mol. The molecule has 0 spiro atoms. The monoisotopic (exact) mass is 480 g/mol. The predicted octanol–water partition coefficient (Wildman–Crippen LogP) is 4.62. The molecule has 0 unspecified atom stereocenters. The SMILES string of the molecule is CCN(CCOc1nc(F)nc(N(CC)CC)n1)c1ccc(N=C2C=C(C)C(=O)C=C2C)c(C)c1. The van der Waals surface area contributed by atoms with Crippen LogP contribution in [0, 0.1) is 13.0 Å². The van der Waals surface area contributed by atoms with Crippen molar-refractivity contribution in [2.45, 2.75) is 41.5 Å². The maximum absolute atomic E-state index is 13.9. The Hall–Kier alpha value is -3.62. The van der Waals surface area contributed by atoms with Crippen LogP contribution in [0.5, 0.6) is 6.01 Å². The lowest BCUT2D eigenvalue weighted by atomic mass is 9.98. The van der Waals surface area contributed by atoms with Crippen LogP contribution in [0.3, 0.4) is 0 Å². The fourth-order valence-corrected chi connectivity index (χ4v) is 3.74. The van der Waals surface area contributed by atoms with Crippen LogP contribution in [0.25, 0.3) is 0 Å². The van der Waals surface area contributed by atoms with Crippen LogP contribution in [0.15, 0.2) is 46.5 Å². The minimum atomic E-state index is -0.852. The van der Waals surface area contributed by atoms with E-state index in [-0.39, 0.29) is 17.7 Å². The first-order valence-electron chi connectivity index (χ1n) is 11.9. The second-order valence-electron chi connectivity index (χ2n) is 8.27. The van der Waals surface area contributed by atoms with Crippen molar-refractivity contribution in [3.8, 4) is 6.01 Å². The van der Waals surface area contributed by atoms with Crippen LogP contribution >= 0.6 is 0 Å². The number of likely N-dealkylation sites (N-methyl/N-ethyl adjacent to an activating group) is 1. The van der Waals surface area contributed by atoms with Crippen LogP contribution in [0.2, 0.25) is 0 Å². The summed E-state index contributed by atoms with van der Waals surface area (Å²) in [5.74, 6) is 0.300. The third kappa shape index (κ3) is 6.49. The summed E-state index contributed by atoms with van der Waals surface area (Å²) < 4.78 is 19.6. The maximum Gasteiger partial charge on any atom is 0.323 e. The molecule has 0 bridgehead atoms. The molecule has 1 aromatic heterocycles. The van der Waals surface area contributed by atoms with E-state index in [1.165, 1.54) is 0 Å². The third-order valence-corrected chi connectivity index (χ3v) is 5.88. The maximum atomic E-state index is 13.9. The molecule has 0 radical (unpaired) electrons. The van der Waals surface area contributed by atoms with Crippen molar-refractivity contribution in [2.24, 2.45) is 4.99 Å². The molecule has 1 aliphatic rings. The molecule has 0 N–H and O–H groups in total. The summed E-state index contributed by atoms with van der Waals surface area (Å²) in [7, 11) is 0. The number of carbonyl (C=O) groups is 1. The highest BCUT2D eigenvalue weighted by Crippen LogP contribution is 2.27. The van der Waals surface area contributed by atoms with Gasteiger partial charge in [0.25, 0.3) is 0 Å². The topological polar surface area (TPSA) is 83.8 Å². The minimum absolute atomic E-state index is 0.0180. The van der Waals surface area contributed by atoms with Crippen LogP contribution < -0.4 is 14.5 Å². The van der Waals surface area contributed by atoms with E-state index in [9.17, 15) is 9.18 Å². The molecule has 2 aromatic rings. The number of hydrogen-bond donors (Lipinski definition) is 0. The average molecular weight is 481 g/mol. The van der Waals surface area contributed by atoms with Gasteiger partial charge in [-0.2, -0.15) is 14.4 Å². The number of ketones is 1. The van der Waals surface area contributed by atoms with Gasteiger partial charge in [0, 0.05) is 25.3 Å². The molecule has 1 aromatic carbocycles. The number of ether oxygens (including phenoxy) is 1. The molecule has 3 rings (SSSR count). The quantitative estimate of drug-likeness (QED) is 0.459. The fourth-order valence-electron chi connectivity index (χ4n) is 3.74. The fraction of sp³-hybridized carbons (Fsp3) is 0.423. The molecule has 1 heterocycles. The van der Waals surface area contributed by atoms with E-state index in [1.807, 2.05) is 50.8 Å². The number of hydrogen-bond acceptors (Lipinski definition) is 8. The largest absolute Gasteiger partial charge is 0.461 e. The Kier molecular flexibility index (Phi) is 8.68. The Morgan fingerprint density at radius 3 is 2.31 bits per heavy atom. The lowest BCUT2D eigenvalue weighted by molar-refractivity contribution is -0.111. The Morgan fingerprint density at radius 2 is 1.66 bits per heavy atom. The van der Waals surface area contributed by atoms with Crippen molar-refractivity contribution in [2.75, 3.05) is 42.6 Å². The van der Waals surface area contributed by atoms with Crippen molar-refractivity contribution in [3.63, 3.8) is 0 Å². The molecule has 8 nitrogen and oxygen atoms in total. The summed E-state index contributed by atoms with van der Waals surface area (Å²) >= 11 is 0. The zero-order chi connectivity index (χ0) is 25.5. The summed E-state index contributed by atoms with van der Waals surface area (Å²) in [5, 5.41) is 0. The Bertz CT molecular complexity index is 1170. The molecule has 1 aliphatic carbocycles. The first kappa shape index (κ1) is 26.0. The number of nitrogens with zero attached hydrogens (tertiary/aromatic N) is 6. The van der Waals surface area contributed by atoms with E-state index in [2.05, 4.69) is 32.8 Å². The van der Waals surface area contributed by atoms with Crippen molar-refractivity contribution in [3.05, 3.63) is 53.1 Å². The standard InChI is InChI=1S/C26H33FN6O2/c1-7-32(8-2)25-29-24(27)30-26(31-25)35-13-12-33(9-3)20-10-11-21(17(4)14-20)28-22-15-19(6)23(34)16-18(22)5/h10-11,14-16H,7-9,12-13H2,1-6H3. The first-order chi connectivity index (χ1) is 16.7. The zero-order valence-electron chi connectivity index (χ0n) is 21.3. The van der Waals surface area contributed by atoms with Gasteiger partial charge in [-0.25, -0.2) is 4.99 Å². The van der Waals surface area contributed by atoms with E-state index >= 15 is 0 Å². The summed E-state index contributed by atoms with van der Waals surface area (Å²) in [6, 6.07) is 6.05. The average Bonchev–Trinajstić information content (AvgIpc) is 2.82. The number of aromatic nitrogens is 3. The highest BCUT2D eigenvalue weighted by Gasteiger charge is 2.15. The number of aliphatic imine (C=N–C) groups is 1. The Balaban J connectivity index is 1.69. The van der Waals surface area contributed by atoms with E-state index in [0.717, 1.165) is 34.8 Å². The number of rotatable bonds is 10. The van der Waals surface area contributed by atoms with Gasteiger partial charge in [0.15, 0.2) is 5.78 Å². The molecule has 0 fully saturated rings. The van der Waals surface area contributed by atoms with E-state index in [4.69, 9.17) is 9.73 Å². The van der Waals surface area contributed by atoms with E-state index in [1.54, 1.807) is 13.0 Å². The highest BCUT2D eigenvalue weighted by molar-refractivity contribution is 6.22. The summed E-state index contributed by atoms with van der Waals surface area (Å²) in [6.45, 7) is 14.6. The van der Waals surface area contributed by atoms with Crippen LogP contribution in [0.1, 0.15) is 40.2 Å². The van der Waals surface area contributed by atoms with Gasteiger partial charge in [0.2, 0.25) is 5.95 Å². The minimum Gasteiger partial charge on any atom is -0.461 e. The van der Waals surface area contributed by atoms with Gasteiger partial charge >= 0.3 is 12.1 Å². The van der Waals surface area contributed by atoms with Crippen LogP contribution in [-0.4, -0.2) is 59.2 Å². The summed E-state index contributed by atoms with van der Waals surface area (Å²) in [4.78, 5) is 32.3. The smallest absolute Gasteiger partial charge is 0.323 e.